The Morgan fingerprint density at radius 2 is 1.79 bits per heavy atom. The third-order valence-corrected chi connectivity index (χ3v) is 4.47. The van der Waals surface area contributed by atoms with Crippen LogP contribution in [0.15, 0.2) is 59.6 Å². The van der Waals surface area contributed by atoms with Crippen LogP contribution in [0.4, 0.5) is 0 Å². The van der Waals surface area contributed by atoms with Crippen molar-refractivity contribution in [2.45, 2.75) is 31.8 Å². The lowest BCUT2D eigenvalue weighted by atomic mass is 10.1. The van der Waals surface area contributed by atoms with Gasteiger partial charge in [0.15, 0.2) is 12.6 Å². The van der Waals surface area contributed by atoms with E-state index in [4.69, 9.17) is 4.74 Å². The number of hydrogen-bond acceptors (Lipinski definition) is 3. The Balaban J connectivity index is 1.34. The molecule has 1 aliphatic carbocycles. The van der Waals surface area contributed by atoms with E-state index in [1.165, 1.54) is 11.1 Å². The third-order valence-electron chi connectivity index (χ3n) is 4.47. The van der Waals surface area contributed by atoms with Crippen molar-refractivity contribution in [3.05, 3.63) is 65.7 Å². The first-order chi connectivity index (χ1) is 13.7. The van der Waals surface area contributed by atoms with Crippen molar-refractivity contribution in [2.24, 2.45) is 4.99 Å². The van der Waals surface area contributed by atoms with E-state index >= 15 is 0 Å². The maximum Gasteiger partial charge on any atom is 0.258 e. The molecular weight excluding hydrogens is 352 g/mol. The fraction of sp³-hybridized carbons (Fsp3) is 0.364. The molecule has 0 aromatic heterocycles. The van der Waals surface area contributed by atoms with Gasteiger partial charge in [-0.25, -0.2) is 0 Å². The lowest BCUT2D eigenvalue weighted by molar-refractivity contribution is -0.123. The molecule has 1 aliphatic rings. The largest absolute Gasteiger partial charge is 0.484 e. The SMILES string of the molecule is CN=C(NCCc1ccc(OCC(=O)NC2CC2)cc1)NCc1ccccc1. The van der Waals surface area contributed by atoms with E-state index in [0.29, 0.717) is 11.8 Å². The molecule has 0 spiro atoms. The highest BCUT2D eigenvalue weighted by Crippen LogP contribution is 2.18. The van der Waals surface area contributed by atoms with Crippen molar-refractivity contribution >= 4 is 11.9 Å². The minimum atomic E-state index is -0.0508. The molecule has 28 heavy (non-hydrogen) atoms. The fourth-order valence-electron chi connectivity index (χ4n) is 2.73. The number of benzene rings is 2. The molecular formula is C22H28N4O2. The molecule has 148 valence electrons. The molecule has 0 atom stereocenters. The van der Waals surface area contributed by atoms with Crippen molar-refractivity contribution in [2.75, 3.05) is 20.2 Å². The number of nitrogens with one attached hydrogen (secondary N) is 3. The highest BCUT2D eigenvalue weighted by molar-refractivity contribution is 5.79. The summed E-state index contributed by atoms with van der Waals surface area (Å²) in [7, 11) is 1.77. The molecule has 0 unspecified atom stereocenters. The Labute approximate surface area is 166 Å². The van der Waals surface area contributed by atoms with Crippen LogP contribution in [0.1, 0.15) is 24.0 Å². The van der Waals surface area contributed by atoms with Gasteiger partial charge in [0.05, 0.1) is 0 Å². The van der Waals surface area contributed by atoms with Gasteiger partial charge in [0.1, 0.15) is 5.75 Å². The number of nitrogens with zero attached hydrogens (tertiary/aromatic N) is 1. The Bertz CT molecular complexity index is 771. The molecule has 6 heteroatoms. The molecule has 2 aromatic carbocycles. The molecule has 0 heterocycles. The maximum absolute atomic E-state index is 11.6. The Hall–Kier alpha value is -3.02. The molecule has 0 aliphatic heterocycles. The van der Waals surface area contributed by atoms with Crippen LogP contribution < -0.4 is 20.7 Å². The zero-order valence-corrected chi connectivity index (χ0v) is 16.3. The number of rotatable bonds is 9. The number of carbonyl (C=O) groups excluding carboxylic acids is 1. The lowest BCUT2D eigenvalue weighted by Gasteiger charge is -2.12. The molecule has 3 N–H and O–H groups in total. The van der Waals surface area contributed by atoms with Crippen LogP contribution in [0.3, 0.4) is 0 Å². The van der Waals surface area contributed by atoms with Crippen LogP contribution in [0.2, 0.25) is 0 Å². The first-order valence-corrected chi connectivity index (χ1v) is 9.72. The summed E-state index contributed by atoms with van der Waals surface area (Å²) in [6.45, 7) is 1.58. The van der Waals surface area contributed by atoms with Gasteiger partial charge in [0.25, 0.3) is 5.91 Å². The average Bonchev–Trinajstić information content (AvgIpc) is 3.54. The summed E-state index contributed by atoms with van der Waals surface area (Å²) >= 11 is 0. The van der Waals surface area contributed by atoms with Crippen LogP contribution >= 0.6 is 0 Å². The minimum Gasteiger partial charge on any atom is -0.484 e. The predicted octanol–water partition coefficient (Wildman–Crippen LogP) is 2.25. The van der Waals surface area contributed by atoms with E-state index in [-0.39, 0.29) is 12.5 Å². The molecule has 0 radical (unpaired) electrons. The van der Waals surface area contributed by atoms with Crippen LogP contribution in [0, 0.1) is 0 Å². The second kappa shape index (κ2) is 10.3. The van der Waals surface area contributed by atoms with Gasteiger partial charge in [-0.2, -0.15) is 0 Å². The molecule has 0 saturated heterocycles. The van der Waals surface area contributed by atoms with Crippen molar-refractivity contribution in [1.29, 1.82) is 0 Å². The van der Waals surface area contributed by atoms with Gasteiger partial charge in [-0.3, -0.25) is 9.79 Å². The normalized spacial score (nSPS) is 13.7. The number of ether oxygens (including phenoxy) is 1. The van der Waals surface area contributed by atoms with E-state index in [0.717, 1.165) is 38.3 Å². The molecule has 2 aromatic rings. The van der Waals surface area contributed by atoms with Crippen molar-refractivity contribution < 1.29 is 9.53 Å². The van der Waals surface area contributed by atoms with Crippen molar-refractivity contribution in [3.63, 3.8) is 0 Å². The zero-order chi connectivity index (χ0) is 19.6. The summed E-state index contributed by atoms with van der Waals surface area (Å²) in [5.74, 6) is 1.44. The van der Waals surface area contributed by atoms with Gasteiger partial charge in [0, 0.05) is 26.2 Å². The zero-order valence-electron chi connectivity index (χ0n) is 16.3. The first-order valence-electron chi connectivity index (χ1n) is 9.72. The fourth-order valence-corrected chi connectivity index (χ4v) is 2.73. The smallest absolute Gasteiger partial charge is 0.258 e. The van der Waals surface area contributed by atoms with Crippen molar-refractivity contribution in [3.8, 4) is 5.75 Å². The topological polar surface area (TPSA) is 74.8 Å². The number of hydrogen-bond donors (Lipinski definition) is 3. The summed E-state index contributed by atoms with van der Waals surface area (Å²) in [6, 6.07) is 18.5. The Kier molecular flexibility index (Phi) is 7.29. The highest BCUT2D eigenvalue weighted by atomic mass is 16.5. The molecule has 1 saturated carbocycles. The number of guanidine groups is 1. The summed E-state index contributed by atoms with van der Waals surface area (Å²) in [5, 5.41) is 9.54. The van der Waals surface area contributed by atoms with E-state index in [9.17, 15) is 4.79 Å². The van der Waals surface area contributed by atoms with Gasteiger partial charge < -0.3 is 20.7 Å². The molecule has 0 bridgehead atoms. The van der Waals surface area contributed by atoms with Gasteiger partial charge in [0.2, 0.25) is 0 Å². The number of carbonyl (C=O) groups is 1. The summed E-state index contributed by atoms with van der Waals surface area (Å²) in [4.78, 5) is 15.9. The van der Waals surface area contributed by atoms with Gasteiger partial charge in [-0.05, 0) is 42.5 Å². The summed E-state index contributed by atoms with van der Waals surface area (Å²) in [6.07, 6.45) is 3.04. The van der Waals surface area contributed by atoms with Crippen LogP contribution in [-0.4, -0.2) is 38.1 Å². The van der Waals surface area contributed by atoms with Gasteiger partial charge >= 0.3 is 0 Å². The molecule has 1 fully saturated rings. The number of aliphatic imine (C=N–C) groups is 1. The Morgan fingerprint density at radius 1 is 1.04 bits per heavy atom. The van der Waals surface area contributed by atoms with Crippen LogP contribution in [0.25, 0.3) is 0 Å². The maximum atomic E-state index is 11.6. The van der Waals surface area contributed by atoms with E-state index in [2.05, 4.69) is 33.1 Å². The monoisotopic (exact) mass is 380 g/mol. The average molecular weight is 380 g/mol. The first kappa shape index (κ1) is 19.7. The molecule has 6 nitrogen and oxygen atoms in total. The Morgan fingerprint density at radius 3 is 2.46 bits per heavy atom. The highest BCUT2D eigenvalue weighted by Gasteiger charge is 2.23. The second-order valence-electron chi connectivity index (χ2n) is 6.86. The number of amides is 1. The van der Waals surface area contributed by atoms with E-state index in [1.807, 2.05) is 42.5 Å². The predicted molar refractivity (Wildman–Crippen MR) is 111 cm³/mol. The van der Waals surface area contributed by atoms with Crippen molar-refractivity contribution in [1.82, 2.24) is 16.0 Å². The van der Waals surface area contributed by atoms with E-state index < -0.39 is 0 Å². The van der Waals surface area contributed by atoms with Gasteiger partial charge in [-0.15, -0.1) is 0 Å². The molecule has 3 rings (SSSR count). The van der Waals surface area contributed by atoms with Gasteiger partial charge in [-0.1, -0.05) is 42.5 Å². The summed E-state index contributed by atoms with van der Waals surface area (Å²) < 4.78 is 5.53. The summed E-state index contributed by atoms with van der Waals surface area (Å²) in [5.41, 5.74) is 2.41. The standard InChI is InChI=1S/C22H28N4O2/c1-23-22(25-15-18-5-3-2-4-6-18)24-14-13-17-7-11-20(12-8-17)28-16-21(27)26-19-9-10-19/h2-8,11-12,19H,9-10,13-16H2,1H3,(H,26,27)(H2,23,24,25). The minimum absolute atomic E-state index is 0.0508. The van der Waals surface area contributed by atoms with Crippen LogP contribution in [0.5, 0.6) is 5.75 Å². The molecule has 1 amide bonds. The second-order valence-corrected chi connectivity index (χ2v) is 6.86. The third kappa shape index (κ3) is 6.95. The quantitative estimate of drug-likeness (QED) is 0.461. The van der Waals surface area contributed by atoms with Crippen LogP contribution in [-0.2, 0) is 17.8 Å². The van der Waals surface area contributed by atoms with E-state index in [1.54, 1.807) is 7.05 Å². The lowest BCUT2D eigenvalue weighted by Crippen LogP contribution is -2.37.